The Morgan fingerprint density at radius 1 is 1.04 bits per heavy atom. The number of carbonyl (C=O) groups excluding carboxylic acids is 1. The van der Waals surface area contributed by atoms with Gasteiger partial charge < -0.3 is 14.5 Å². The monoisotopic (exact) mass is 367 g/mol. The van der Waals surface area contributed by atoms with Crippen LogP contribution in [0.2, 0.25) is 0 Å². The SMILES string of the molecule is Cc1ccc(S(=O)(=O)N2CCOCC2)cc1C(=O)N1CCN(C)CC1. The van der Waals surface area contributed by atoms with E-state index in [0.29, 0.717) is 45.0 Å². The number of aryl methyl sites for hydroxylation is 1. The maximum absolute atomic E-state index is 12.9. The van der Waals surface area contributed by atoms with Crippen LogP contribution < -0.4 is 0 Å². The molecule has 0 spiro atoms. The molecule has 3 rings (SSSR count). The molecule has 0 aromatic heterocycles. The van der Waals surface area contributed by atoms with Crippen LogP contribution in [0.3, 0.4) is 0 Å². The molecule has 7 nitrogen and oxygen atoms in total. The number of carbonyl (C=O) groups is 1. The summed E-state index contributed by atoms with van der Waals surface area (Å²) >= 11 is 0. The van der Waals surface area contributed by atoms with Crippen molar-refractivity contribution in [3.63, 3.8) is 0 Å². The smallest absolute Gasteiger partial charge is 0.254 e. The topological polar surface area (TPSA) is 70.2 Å². The quantitative estimate of drug-likeness (QED) is 0.774. The van der Waals surface area contributed by atoms with E-state index in [0.717, 1.165) is 18.7 Å². The van der Waals surface area contributed by atoms with E-state index in [-0.39, 0.29) is 10.8 Å². The zero-order chi connectivity index (χ0) is 18.0. The minimum Gasteiger partial charge on any atom is -0.379 e. The molecule has 0 bridgehead atoms. The molecule has 1 amide bonds. The van der Waals surface area contributed by atoms with Gasteiger partial charge in [0.25, 0.3) is 5.91 Å². The molecule has 8 heteroatoms. The van der Waals surface area contributed by atoms with Crippen LogP contribution in [0.15, 0.2) is 23.1 Å². The van der Waals surface area contributed by atoms with Crippen LogP contribution in [0.4, 0.5) is 0 Å². The molecular formula is C17H25N3O4S. The molecule has 0 radical (unpaired) electrons. The van der Waals surface area contributed by atoms with Gasteiger partial charge in [-0.2, -0.15) is 4.31 Å². The van der Waals surface area contributed by atoms with Gasteiger partial charge in [-0.15, -0.1) is 0 Å². The van der Waals surface area contributed by atoms with E-state index < -0.39 is 10.0 Å². The van der Waals surface area contributed by atoms with Gasteiger partial charge in [0.05, 0.1) is 18.1 Å². The van der Waals surface area contributed by atoms with E-state index >= 15 is 0 Å². The fourth-order valence-electron chi connectivity index (χ4n) is 3.11. The van der Waals surface area contributed by atoms with Crippen molar-refractivity contribution in [1.82, 2.24) is 14.1 Å². The summed E-state index contributed by atoms with van der Waals surface area (Å²) in [5.41, 5.74) is 1.27. The van der Waals surface area contributed by atoms with Crippen LogP contribution in [0.25, 0.3) is 0 Å². The third-order valence-corrected chi connectivity index (χ3v) is 6.73. The van der Waals surface area contributed by atoms with Crippen molar-refractivity contribution < 1.29 is 17.9 Å². The van der Waals surface area contributed by atoms with Crippen molar-refractivity contribution in [2.24, 2.45) is 0 Å². The number of benzene rings is 1. The summed E-state index contributed by atoms with van der Waals surface area (Å²) < 4.78 is 32.3. The first kappa shape index (κ1) is 18.3. The first-order valence-corrected chi connectivity index (χ1v) is 10.00. The zero-order valence-corrected chi connectivity index (χ0v) is 15.6. The lowest BCUT2D eigenvalue weighted by Crippen LogP contribution is -2.47. The van der Waals surface area contributed by atoms with E-state index in [2.05, 4.69) is 4.90 Å². The standard InChI is InChI=1S/C17H25N3O4S/c1-14-3-4-15(25(22,23)20-9-11-24-12-10-20)13-16(14)17(21)19-7-5-18(2)6-8-19/h3-4,13H,5-12H2,1-2H3. The number of morpholine rings is 1. The van der Waals surface area contributed by atoms with Gasteiger partial charge in [-0.1, -0.05) is 6.07 Å². The Labute approximate surface area is 149 Å². The summed E-state index contributed by atoms with van der Waals surface area (Å²) in [5.74, 6) is -0.0929. The Morgan fingerprint density at radius 2 is 1.68 bits per heavy atom. The normalized spacial score (nSPS) is 20.6. The third kappa shape index (κ3) is 3.87. The summed E-state index contributed by atoms with van der Waals surface area (Å²) in [6.45, 7) is 6.32. The van der Waals surface area contributed by atoms with Crippen molar-refractivity contribution in [3.05, 3.63) is 29.3 Å². The number of sulfonamides is 1. The Hall–Kier alpha value is -1.48. The molecule has 1 aromatic carbocycles. The number of ether oxygens (including phenoxy) is 1. The highest BCUT2D eigenvalue weighted by atomic mass is 32.2. The van der Waals surface area contributed by atoms with Gasteiger partial charge >= 0.3 is 0 Å². The van der Waals surface area contributed by atoms with Gasteiger partial charge in [-0.25, -0.2) is 8.42 Å². The van der Waals surface area contributed by atoms with Gasteiger partial charge in [-0.05, 0) is 31.7 Å². The molecule has 2 aliphatic heterocycles. The summed E-state index contributed by atoms with van der Waals surface area (Å²) in [6, 6.07) is 4.83. The Kier molecular flexibility index (Phi) is 5.43. The molecular weight excluding hydrogens is 342 g/mol. The average molecular weight is 367 g/mol. The van der Waals surface area contributed by atoms with Crippen LogP contribution in [0.5, 0.6) is 0 Å². The molecule has 2 saturated heterocycles. The van der Waals surface area contributed by atoms with Crippen LogP contribution in [0.1, 0.15) is 15.9 Å². The fraction of sp³-hybridized carbons (Fsp3) is 0.588. The number of nitrogens with zero attached hydrogens (tertiary/aromatic N) is 3. The number of hydrogen-bond acceptors (Lipinski definition) is 5. The number of hydrogen-bond donors (Lipinski definition) is 0. The predicted molar refractivity (Wildman–Crippen MR) is 94.2 cm³/mol. The molecule has 0 atom stereocenters. The highest BCUT2D eigenvalue weighted by molar-refractivity contribution is 7.89. The summed E-state index contributed by atoms with van der Waals surface area (Å²) in [6.07, 6.45) is 0. The van der Waals surface area contributed by atoms with E-state index in [1.165, 1.54) is 10.4 Å². The summed E-state index contributed by atoms with van der Waals surface area (Å²) in [4.78, 5) is 17.0. The molecule has 1 aromatic rings. The molecule has 2 fully saturated rings. The lowest BCUT2D eigenvalue weighted by atomic mass is 10.1. The molecule has 0 saturated carbocycles. The maximum Gasteiger partial charge on any atom is 0.254 e. The summed E-state index contributed by atoms with van der Waals surface area (Å²) in [5, 5.41) is 0. The molecule has 0 N–H and O–H groups in total. The van der Waals surface area contributed by atoms with Crippen molar-refractivity contribution in [1.29, 1.82) is 0 Å². The van der Waals surface area contributed by atoms with Crippen LogP contribution in [0, 0.1) is 6.92 Å². The Bertz CT molecular complexity index is 736. The number of piperazine rings is 1. The van der Waals surface area contributed by atoms with Gasteiger partial charge in [0.15, 0.2) is 0 Å². The molecule has 2 aliphatic rings. The molecule has 138 valence electrons. The highest BCUT2D eigenvalue weighted by Crippen LogP contribution is 2.22. The maximum atomic E-state index is 12.9. The highest BCUT2D eigenvalue weighted by Gasteiger charge is 2.28. The van der Waals surface area contributed by atoms with Crippen molar-refractivity contribution in [2.75, 3.05) is 59.5 Å². The Balaban J connectivity index is 1.86. The second-order valence-corrected chi connectivity index (χ2v) is 8.53. The molecule has 0 aliphatic carbocycles. The molecule has 0 unspecified atom stereocenters. The number of likely N-dealkylation sites (N-methyl/N-ethyl adjacent to an activating group) is 1. The van der Waals surface area contributed by atoms with Crippen molar-refractivity contribution in [2.45, 2.75) is 11.8 Å². The zero-order valence-electron chi connectivity index (χ0n) is 14.8. The second-order valence-electron chi connectivity index (χ2n) is 6.59. The Morgan fingerprint density at radius 3 is 2.32 bits per heavy atom. The predicted octanol–water partition coefficient (Wildman–Crippen LogP) is 0.404. The van der Waals surface area contributed by atoms with Gasteiger partial charge in [0, 0.05) is 44.8 Å². The summed E-state index contributed by atoms with van der Waals surface area (Å²) in [7, 11) is -1.57. The van der Waals surface area contributed by atoms with Crippen LogP contribution in [-0.4, -0.2) is 88.0 Å². The fourth-order valence-corrected chi connectivity index (χ4v) is 4.54. The minimum absolute atomic E-state index is 0.0929. The molecule has 2 heterocycles. The van der Waals surface area contributed by atoms with Gasteiger partial charge in [-0.3, -0.25) is 4.79 Å². The van der Waals surface area contributed by atoms with E-state index in [9.17, 15) is 13.2 Å². The first-order chi connectivity index (χ1) is 11.9. The van der Waals surface area contributed by atoms with E-state index in [1.54, 1.807) is 17.0 Å². The lowest BCUT2D eigenvalue weighted by molar-refractivity contribution is 0.0663. The van der Waals surface area contributed by atoms with E-state index in [1.807, 2.05) is 14.0 Å². The van der Waals surface area contributed by atoms with Crippen LogP contribution in [-0.2, 0) is 14.8 Å². The lowest BCUT2D eigenvalue weighted by Gasteiger charge is -2.33. The largest absolute Gasteiger partial charge is 0.379 e. The van der Waals surface area contributed by atoms with Gasteiger partial charge in [0.2, 0.25) is 10.0 Å². The number of amides is 1. The minimum atomic E-state index is -3.60. The first-order valence-electron chi connectivity index (χ1n) is 8.56. The second kappa shape index (κ2) is 7.41. The van der Waals surface area contributed by atoms with Gasteiger partial charge in [0.1, 0.15) is 0 Å². The van der Waals surface area contributed by atoms with E-state index in [4.69, 9.17) is 4.74 Å². The van der Waals surface area contributed by atoms with Crippen LogP contribution >= 0.6 is 0 Å². The van der Waals surface area contributed by atoms with Crippen molar-refractivity contribution >= 4 is 15.9 Å². The number of rotatable bonds is 3. The molecule has 25 heavy (non-hydrogen) atoms. The average Bonchev–Trinajstić information content (AvgIpc) is 2.63. The van der Waals surface area contributed by atoms with Crippen molar-refractivity contribution in [3.8, 4) is 0 Å². The third-order valence-electron chi connectivity index (χ3n) is 4.84.